The quantitative estimate of drug-likeness (QED) is 0.892. The van der Waals surface area contributed by atoms with Gasteiger partial charge in [0.25, 0.3) is 0 Å². The summed E-state index contributed by atoms with van der Waals surface area (Å²) in [6.07, 6.45) is 1.83. The molecule has 0 aliphatic carbocycles. The van der Waals surface area contributed by atoms with E-state index in [2.05, 4.69) is 24.1 Å². The van der Waals surface area contributed by atoms with Crippen molar-refractivity contribution < 1.29 is 4.39 Å². The Hall–Kier alpha value is -1.26. The van der Waals surface area contributed by atoms with Crippen LogP contribution in [0, 0.1) is 12.7 Å². The SMILES string of the molecule is Cc1ccc(C(C)NCC(C)c2nccs2)cc1F. The Morgan fingerprint density at radius 2 is 2.16 bits per heavy atom. The average Bonchev–Trinajstić information content (AvgIpc) is 2.92. The van der Waals surface area contributed by atoms with E-state index >= 15 is 0 Å². The monoisotopic (exact) mass is 278 g/mol. The highest BCUT2D eigenvalue weighted by molar-refractivity contribution is 7.09. The number of hydrogen-bond acceptors (Lipinski definition) is 3. The van der Waals surface area contributed by atoms with Gasteiger partial charge in [0.05, 0.1) is 5.01 Å². The van der Waals surface area contributed by atoms with Gasteiger partial charge >= 0.3 is 0 Å². The van der Waals surface area contributed by atoms with Crippen LogP contribution in [0.2, 0.25) is 0 Å². The highest BCUT2D eigenvalue weighted by Gasteiger charge is 2.11. The first-order valence-corrected chi connectivity index (χ1v) is 7.34. The molecule has 0 fully saturated rings. The zero-order chi connectivity index (χ0) is 13.8. The Morgan fingerprint density at radius 1 is 1.37 bits per heavy atom. The van der Waals surface area contributed by atoms with Crippen LogP contribution in [-0.2, 0) is 0 Å². The summed E-state index contributed by atoms with van der Waals surface area (Å²) in [7, 11) is 0. The van der Waals surface area contributed by atoms with Gasteiger partial charge in [-0.25, -0.2) is 9.37 Å². The lowest BCUT2D eigenvalue weighted by molar-refractivity contribution is 0.531. The molecule has 0 bridgehead atoms. The summed E-state index contributed by atoms with van der Waals surface area (Å²) in [5.41, 5.74) is 1.67. The van der Waals surface area contributed by atoms with Crippen LogP contribution >= 0.6 is 11.3 Å². The van der Waals surface area contributed by atoms with Crippen LogP contribution in [0.1, 0.15) is 41.9 Å². The zero-order valence-electron chi connectivity index (χ0n) is 11.5. The van der Waals surface area contributed by atoms with Crippen molar-refractivity contribution in [2.75, 3.05) is 6.54 Å². The van der Waals surface area contributed by atoms with E-state index in [1.54, 1.807) is 24.3 Å². The molecule has 0 saturated heterocycles. The summed E-state index contributed by atoms with van der Waals surface area (Å²) in [5.74, 6) is 0.233. The van der Waals surface area contributed by atoms with Gasteiger partial charge in [-0.2, -0.15) is 0 Å². The standard InChI is InChI=1S/C15H19FN2S/c1-10-4-5-13(8-14(10)16)12(3)18-9-11(2)15-17-6-7-19-15/h4-8,11-12,18H,9H2,1-3H3. The number of benzene rings is 1. The maximum Gasteiger partial charge on any atom is 0.126 e. The fourth-order valence-corrected chi connectivity index (χ4v) is 2.61. The molecule has 2 unspecified atom stereocenters. The van der Waals surface area contributed by atoms with Crippen LogP contribution in [-0.4, -0.2) is 11.5 Å². The van der Waals surface area contributed by atoms with E-state index in [1.165, 1.54) is 0 Å². The number of hydrogen-bond donors (Lipinski definition) is 1. The normalized spacial score (nSPS) is 14.3. The molecule has 2 nitrogen and oxygen atoms in total. The molecule has 0 spiro atoms. The Labute approximate surface area is 117 Å². The molecule has 1 heterocycles. The van der Waals surface area contributed by atoms with E-state index in [1.807, 2.05) is 23.7 Å². The summed E-state index contributed by atoms with van der Waals surface area (Å²) >= 11 is 1.67. The van der Waals surface area contributed by atoms with Crippen LogP contribution in [0.5, 0.6) is 0 Å². The topological polar surface area (TPSA) is 24.9 Å². The summed E-state index contributed by atoms with van der Waals surface area (Å²) in [4.78, 5) is 4.31. The van der Waals surface area contributed by atoms with E-state index in [0.717, 1.165) is 17.1 Å². The van der Waals surface area contributed by atoms with Gasteiger partial charge in [0.15, 0.2) is 0 Å². The van der Waals surface area contributed by atoms with Crippen LogP contribution in [0.15, 0.2) is 29.8 Å². The van der Waals surface area contributed by atoms with Gasteiger partial charge < -0.3 is 5.32 Å². The fraction of sp³-hybridized carbons (Fsp3) is 0.400. The highest BCUT2D eigenvalue weighted by atomic mass is 32.1. The third-order valence-corrected chi connectivity index (χ3v) is 4.31. The first-order chi connectivity index (χ1) is 9.08. The molecule has 4 heteroatoms. The summed E-state index contributed by atoms with van der Waals surface area (Å²) in [5, 5.41) is 6.56. The largest absolute Gasteiger partial charge is 0.310 e. The first kappa shape index (κ1) is 14.2. The lowest BCUT2D eigenvalue weighted by atomic mass is 10.1. The molecule has 0 aliphatic rings. The maximum atomic E-state index is 13.5. The molecule has 19 heavy (non-hydrogen) atoms. The number of aromatic nitrogens is 1. The van der Waals surface area contributed by atoms with Gasteiger partial charge in [0, 0.05) is 30.1 Å². The first-order valence-electron chi connectivity index (χ1n) is 6.46. The molecular weight excluding hydrogens is 259 g/mol. The minimum Gasteiger partial charge on any atom is -0.310 e. The average molecular weight is 278 g/mol. The van der Waals surface area contributed by atoms with Crippen molar-refractivity contribution in [3.05, 3.63) is 51.7 Å². The van der Waals surface area contributed by atoms with Crippen LogP contribution in [0.4, 0.5) is 4.39 Å². The number of aryl methyl sites for hydroxylation is 1. The van der Waals surface area contributed by atoms with Crippen molar-refractivity contribution in [2.24, 2.45) is 0 Å². The van der Waals surface area contributed by atoms with E-state index in [9.17, 15) is 4.39 Å². The number of nitrogens with zero attached hydrogens (tertiary/aromatic N) is 1. The molecule has 0 aliphatic heterocycles. The predicted molar refractivity (Wildman–Crippen MR) is 78.1 cm³/mol. The minimum absolute atomic E-state index is 0.137. The lowest BCUT2D eigenvalue weighted by Gasteiger charge is -2.17. The van der Waals surface area contributed by atoms with Gasteiger partial charge in [-0.05, 0) is 31.0 Å². The second-order valence-electron chi connectivity index (χ2n) is 4.91. The van der Waals surface area contributed by atoms with Crippen molar-refractivity contribution in [3.8, 4) is 0 Å². The van der Waals surface area contributed by atoms with E-state index < -0.39 is 0 Å². The second kappa shape index (κ2) is 6.26. The summed E-state index contributed by atoms with van der Waals surface area (Å²) < 4.78 is 13.5. The number of halogens is 1. The lowest BCUT2D eigenvalue weighted by Crippen LogP contribution is -2.23. The van der Waals surface area contributed by atoms with Crippen molar-refractivity contribution in [2.45, 2.75) is 32.7 Å². The minimum atomic E-state index is -0.140. The molecule has 0 saturated carbocycles. The van der Waals surface area contributed by atoms with Gasteiger partial charge in [-0.3, -0.25) is 0 Å². The molecule has 1 aromatic carbocycles. The van der Waals surface area contributed by atoms with Crippen LogP contribution in [0.3, 0.4) is 0 Å². The molecule has 2 rings (SSSR count). The molecule has 1 aromatic heterocycles. The van der Waals surface area contributed by atoms with Gasteiger partial charge in [0.2, 0.25) is 0 Å². The fourth-order valence-electron chi connectivity index (χ4n) is 1.92. The van der Waals surface area contributed by atoms with Gasteiger partial charge in [-0.1, -0.05) is 19.1 Å². The Morgan fingerprint density at radius 3 is 2.79 bits per heavy atom. The maximum absolute atomic E-state index is 13.5. The number of nitrogens with one attached hydrogen (secondary N) is 1. The predicted octanol–water partition coefficient (Wildman–Crippen LogP) is 4.04. The zero-order valence-corrected chi connectivity index (χ0v) is 12.3. The van der Waals surface area contributed by atoms with Crippen LogP contribution in [0.25, 0.3) is 0 Å². The molecule has 0 amide bonds. The van der Waals surface area contributed by atoms with E-state index in [4.69, 9.17) is 0 Å². The van der Waals surface area contributed by atoms with E-state index in [0.29, 0.717) is 11.5 Å². The number of rotatable bonds is 5. The Balaban J connectivity index is 1.93. The molecule has 102 valence electrons. The second-order valence-corrected chi connectivity index (χ2v) is 5.84. The van der Waals surface area contributed by atoms with Crippen molar-refractivity contribution >= 4 is 11.3 Å². The van der Waals surface area contributed by atoms with Crippen LogP contribution < -0.4 is 5.32 Å². The highest BCUT2D eigenvalue weighted by Crippen LogP contribution is 2.20. The molecule has 2 atom stereocenters. The molecule has 1 N–H and O–H groups in total. The number of thiazole rings is 1. The van der Waals surface area contributed by atoms with Gasteiger partial charge in [-0.15, -0.1) is 11.3 Å². The smallest absolute Gasteiger partial charge is 0.126 e. The third-order valence-electron chi connectivity index (χ3n) is 3.30. The molecule has 2 aromatic rings. The van der Waals surface area contributed by atoms with Crippen molar-refractivity contribution in [1.82, 2.24) is 10.3 Å². The molecule has 0 radical (unpaired) electrons. The van der Waals surface area contributed by atoms with Gasteiger partial charge in [0.1, 0.15) is 5.82 Å². The van der Waals surface area contributed by atoms with Crippen molar-refractivity contribution in [3.63, 3.8) is 0 Å². The molecular formula is C15H19FN2S. The summed E-state index contributed by atoms with van der Waals surface area (Å²) in [6, 6.07) is 5.55. The van der Waals surface area contributed by atoms with Crippen molar-refractivity contribution in [1.29, 1.82) is 0 Å². The Kier molecular flexibility index (Phi) is 4.66. The van der Waals surface area contributed by atoms with E-state index in [-0.39, 0.29) is 11.9 Å². The third kappa shape index (κ3) is 3.61. The summed E-state index contributed by atoms with van der Waals surface area (Å²) in [6.45, 7) is 6.82. The Bertz CT molecular complexity index is 525.